The first-order valence-electron chi connectivity index (χ1n) is 3.14. The van der Waals surface area contributed by atoms with E-state index in [-0.39, 0.29) is 13.2 Å². The molecule has 0 aliphatic heterocycles. The summed E-state index contributed by atoms with van der Waals surface area (Å²) in [5.74, 6) is -0.645. The molecular weight excluding hydrogens is 136 g/mol. The molecule has 0 rings (SSSR count). The molecule has 0 aromatic carbocycles. The van der Waals surface area contributed by atoms with Crippen LogP contribution in [0.15, 0.2) is 0 Å². The number of ether oxygens (including phenoxy) is 1. The zero-order valence-electron chi connectivity index (χ0n) is 5.91. The van der Waals surface area contributed by atoms with Gasteiger partial charge in [0, 0.05) is 13.0 Å². The maximum Gasteiger partial charge on any atom is 0.334 e. The Kier molecular flexibility index (Phi) is 4.88. The number of aliphatic hydroxyl groups is 2. The minimum atomic E-state index is -1.07. The van der Waals surface area contributed by atoms with Gasteiger partial charge in [-0.2, -0.15) is 0 Å². The zero-order chi connectivity index (χ0) is 7.98. The molecule has 0 aliphatic carbocycles. The Morgan fingerprint density at radius 2 is 2.30 bits per heavy atom. The molecule has 0 aromatic rings. The highest BCUT2D eigenvalue weighted by Crippen LogP contribution is 1.87. The molecule has 0 aromatic heterocycles. The summed E-state index contributed by atoms with van der Waals surface area (Å²) in [6.07, 6.45) is -0.656. The fraction of sp³-hybridized carbons (Fsp3) is 0.833. The number of rotatable bonds is 4. The first-order chi connectivity index (χ1) is 4.68. The van der Waals surface area contributed by atoms with Crippen molar-refractivity contribution in [2.24, 2.45) is 0 Å². The molecule has 0 aliphatic rings. The lowest BCUT2D eigenvalue weighted by Crippen LogP contribution is -2.19. The number of hydrogen-bond donors (Lipinski definition) is 2. The third kappa shape index (κ3) is 4.29. The summed E-state index contributed by atoms with van der Waals surface area (Å²) >= 11 is 0. The smallest absolute Gasteiger partial charge is 0.334 e. The van der Waals surface area contributed by atoms with Gasteiger partial charge in [0.05, 0.1) is 6.61 Å². The molecule has 2 N–H and O–H groups in total. The van der Waals surface area contributed by atoms with E-state index < -0.39 is 12.1 Å². The summed E-state index contributed by atoms with van der Waals surface area (Å²) < 4.78 is 4.49. The van der Waals surface area contributed by atoms with Gasteiger partial charge in [0.2, 0.25) is 0 Å². The summed E-state index contributed by atoms with van der Waals surface area (Å²) in [5.41, 5.74) is 0. The normalized spacial score (nSPS) is 12.7. The minimum Gasteiger partial charge on any atom is -0.464 e. The van der Waals surface area contributed by atoms with Crippen LogP contribution in [-0.4, -0.2) is 35.5 Å². The second-order valence-corrected chi connectivity index (χ2v) is 1.92. The van der Waals surface area contributed by atoms with E-state index in [4.69, 9.17) is 10.2 Å². The van der Waals surface area contributed by atoms with Gasteiger partial charge < -0.3 is 14.9 Å². The molecule has 10 heavy (non-hydrogen) atoms. The SMILES string of the molecule is C[C@@H](O)C(=O)OCCCO. The van der Waals surface area contributed by atoms with Crippen molar-refractivity contribution >= 4 is 5.97 Å². The fourth-order valence-electron chi connectivity index (χ4n) is 0.358. The second-order valence-electron chi connectivity index (χ2n) is 1.92. The van der Waals surface area contributed by atoms with Crippen molar-refractivity contribution in [1.29, 1.82) is 0 Å². The average molecular weight is 148 g/mol. The van der Waals surface area contributed by atoms with E-state index in [2.05, 4.69) is 4.74 Å². The monoisotopic (exact) mass is 148 g/mol. The summed E-state index contributed by atoms with van der Waals surface area (Å²) in [7, 11) is 0. The van der Waals surface area contributed by atoms with Crippen LogP contribution in [0.2, 0.25) is 0 Å². The number of carbonyl (C=O) groups is 1. The topological polar surface area (TPSA) is 66.8 Å². The Morgan fingerprint density at radius 1 is 1.70 bits per heavy atom. The molecule has 4 heteroatoms. The summed E-state index contributed by atoms with van der Waals surface area (Å²) in [5, 5.41) is 16.8. The number of hydrogen-bond acceptors (Lipinski definition) is 4. The summed E-state index contributed by atoms with van der Waals surface area (Å²) in [6.45, 7) is 1.49. The van der Waals surface area contributed by atoms with Gasteiger partial charge in [-0.15, -0.1) is 0 Å². The molecule has 0 spiro atoms. The van der Waals surface area contributed by atoms with Crippen molar-refractivity contribution < 1.29 is 19.7 Å². The van der Waals surface area contributed by atoms with E-state index in [1.165, 1.54) is 6.92 Å². The Balaban J connectivity index is 3.22. The minimum absolute atomic E-state index is 0.00686. The van der Waals surface area contributed by atoms with Crippen LogP contribution in [0, 0.1) is 0 Å². The third-order valence-electron chi connectivity index (χ3n) is 0.888. The summed E-state index contributed by atoms with van der Waals surface area (Å²) in [4.78, 5) is 10.5. The summed E-state index contributed by atoms with van der Waals surface area (Å²) in [6, 6.07) is 0. The largest absolute Gasteiger partial charge is 0.464 e. The van der Waals surface area contributed by atoms with Gasteiger partial charge in [-0.05, 0) is 6.92 Å². The van der Waals surface area contributed by atoms with Crippen molar-refractivity contribution in [3.05, 3.63) is 0 Å². The lowest BCUT2D eigenvalue weighted by atomic mass is 10.4. The molecule has 4 nitrogen and oxygen atoms in total. The molecule has 0 unspecified atom stereocenters. The van der Waals surface area contributed by atoms with Crippen LogP contribution in [-0.2, 0) is 9.53 Å². The van der Waals surface area contributed by atoms with Crippen molar-refractivity contribution in [3.8, 4) is 0 Å². The highest BCUT2D eigenvalue weighted by atomic mass is 16.5. The lowest BCUT2D eigenvalue weighted by Gasteiger charge is -2.04. The van der Waals surface area contributed by atoms with E-state index >= 15 is 0 Å². The Morgan fingerprint density at radius 3 is 2.70 bits per heavy atom. The molecule has 0 bridgehead atoms. The van der Waals surface area contributed by atoms with E-state index in [9.17, 15) is 4.79 Å². The van der Waals surface area contributed by atoms with E-state index in [0.29, 0.717) is 6.42 Å². The van der Waals surface area contributed by atoms with Crippen molar-refractivity contribution in [2.45, 2.75) is 19.4 Å². The van der Waals surface area contributed by atoms with Gasteiger partial charge in [-0.1, -0.05) is 0 Å². The number of esters is 1. The molecule has 0 heterocycles. The molecule has 1 atom stereocenters. The molecule has 0 amide bonds. The molecule has 0 saturated carbocycles. The Bertz CT molecular complexity index is 99.9. The predicted molar refractivity (Wildman–Crippen MR) is 34.3 cm³/mol. The van der Waals surface area contributed by atoms with Crippen molar-refractivity contribution in [1.82, 2.24) is 0 Å². The molecule has 0 radical (unpaired) electrons. The average Bonchev–Trinajstić information content (AvgIpc) is 1.88. The fourth-order valence-corrected chi connectivity index (χ4v) is 0.358. The van der Waals surface area contributed by atoms with Crippen LogP contribution in [0.1, 0.15) is 13.3 Å². The first kappa shape index (κ1) is 9.39. The third-order valence-corrected chi connectivity index (χ3v) is 0.888. The quantitative estimate of drug-likeness (QED) is 0.408. The predicted octanol–water partition coefficient (Wildman–Crippen LogP) is -0.707. The molecule has 0 saturated heterocycles. The maximum atomic E-state index is 10.5. The standard InChI is InChI=1S/C6H12O4/c1-5(8)6(9)10-4-2-3-7/h5,7-8H,2-4H2,1H3/t5-/m1/s1. The molecular formula is C6H12O4. The van der Waals surface area contributed by atoms with Crippen LogP contribution in [0.4, 0.5) is 0 Å². The zero-order valence-corrected chi connectivity index (χ0v) is 5.91. The van der Waals surface area contributed by atoms with Gasteiger partial charge >= 0.3 is 5.97 Å². The Hall–Kier alpha value is -0.610. The van der Waals surface area contributed by atoms with Crippen molar-refractivity contribution in [3.63, 3.8) is 0 Å². The molecule has 60 valence electrons. The van der Waals surface area contributed by atoms with Crippen LogP contribution in [0.5, 0.6) is 0 Å². The van der Waals surface area contributed by atoms with Crippen LogP contribution in [0.3, 0.4) is 0 Å². The Labute approximate surface area is 59.4 Å². The molecule has 0 fully saturated rings. The number of carbonyl (C=O) groups excluding carboxylic acids is 1. The van der Waals surface area contributed by atoms with Crippen molar-refractivity contribution in [2.75, 3.05) is 13.2 Å². The van der Waals surface area contributed by atoms with Crippen LogP contribution >= 0.6 is 0 Å². The van der Waals surface area contributed by atoms with Gasteiger partial charge in [0.1, 0.15) is 6.10 Å². The number of aliphatic hydroxyl groups excluding tert-OH is 2. The van der Waals surface area contributed by atoms with Gasteiger partial charge in [-0.3, -0.25) is 0 Å². The maximum absolute atomic E-state index is 10.5. The van der Waals surface area contributed by atoms with Gasteiger partial charge in [-0.25, -0.2) is 4.79 Å². The van der Waals surface area contributed by atoms with E-state index in [0.717, 1.165) is 0 Å². The second kappa shape index (κ2) is 5.20. The highest BCUT2D eigenvalue weighted by Gasteiger charge is 2.08. The lowest BCUT2D eigenvalue weighted by molar-refractivity contribution is -0.152. The van der Waals surface area contributed by atoms with Gasteiger partial charge in [0.25, 0.3) is 0 Å². The van der Waals surface area contributed by atoms with E-state index in [1.807, 2.05) is 0 Å². The van der Waals surface area contributed by atoms with Crippen LogP contribution < -0.4 is 0 Å². The first-order valence-corrected chi connectivity index (χ1v) is 3.14. The highest BCUT2D eigenvalue weighted by molar-refractivity contribution is 5.73. The van der Waals surface area contributed by atoms with Gasteiger partial charge in [0.15, 0.2) is 0 Å². The van der Waals surface area contributed by atoms with Crippen LogP contribution in [0.25, 0.3) is 0 Å². The van der Waals surface area contributed by atoms with E-state index in [1.54, 1.807) is 0 Å².